The van der Waals surface area contributed by atoms with E-state index in [1.165, 1.54) is 16.0 Å². The van der Waals surface area contributed by atoms with Gasteiger partial charge in [0, 0.05) is 6.42 Å². The first-order chi connectivity index (χ1) is 12.5. The van der Waals surface area contributed by atoms with Crippen LogP contribution in [0.3, 0.4) is 0 Å². The summed E-state index contributed by atoms with van der Waals surface area (Å²) in [6, 6.07) is 8.56. The van der Waals surface area contributed by atoms with Gasteiger partial charge < -0.3 is 4.90 Å². The Morgan fingerprint density at radius 3 is 2.88 bits per heavy atom. The fraction of sp³-hybridized carbons (Fsp3) is 0.444. The number of rotatable bonds is 4. The maximum Gasteiger partial charge on any atom is 0.312 e. The SMILES string of the molecule is Cc1nn(C[NH+]2CCCC[C@H]2c2nc3ccccc3s2)c(C)c1[N+](=O)[O-]. The molecular weight excluding hydrogens is 350 g/mol. The molecule has 1 fully saturated rings. The lowest BCUT2D eigenvalue weighted by atomic mass is 10.0. The number of nitrogens with zero attached hydrogens (tertiary/aromatic N) is 4. The van der Waals surface area contributed by atoms with Crippen molar-refractivity contribution in [2.24, 2.45) is 0 Å². The number of likely N-dealkylation sites (tertiary alicyclic amines) is 1. The Labute approximate surface area is 155 Å². The maximum absolute atomic E-state index is 11.3. The number of fused-ring (bicyclic) bond motifs is 1. The van der Waals surface area contributed by atoms with Crippen LogP contribution in [0, 0.1) is 24.0 Å². The number of hydrogen-bond donors (Lipinski definition) is 1. The summed E-state index contributed by atoms with van der Waals surface area (Å²) in [6.45, 7) is 5.17. The molecule has 0 amide bonds. The molecule has 1 aliphatic rings. The standard InChI is InChI=1S/C18H21N5O2S/c1-12-17(23(24)25)13(2)22(20-12)11-21-10-6-5-8-15(21)18-19-14-7-3-4-9-16(14)26-18/h3-4,7,9,15H,5-6,8,10-11H2,1-2H3/p+1/t15-/m0/s1. The fourth-order valence-electron chi connectivity index (χ4n) is 3.90. The second-order valence-electron chi connectivity index (χ2n) is 6.91. The van der Waals surface area contributed by atoms with E-state index in [1.54, 1.807) is 29.9 Å². The van der Waals surface area contributed by atoms with Crippen molar-refractivity contribution in [3.8, 4) is 0 Å². The summed E-state index contributed by atoms with van der Waals surface area (Å²) in [4.78, 5) is 17.2. The molecule has 8 heteroatoms. The number of nitrogens with one attached hydrogen (secondary N) is 1. The molecule has 3 aromatic rings. The highest BCUT2D eigenvalue weighted by atomic mass is 32.1. The van der Waals surface area contributed by atoms with Gasteiger partial charge in [-0.05, 0) is 38.8 Å². The van der Waals surface area contributed by atoms with Gasteiger partial charge in [-0.15, -0.1) is 11.3 Å². The quantitative estimate of drug-likeness (QED) is 0.564. The largest absolute Gasteiger partial charge is 0.312 e. The van der Waals surface area contributed by atoms with Crippen molar-refractivity contribution >= 4 is 27.2 Å². The van der Waals surface area contributed by atoms with Crippen LogP contribution in [0.1, 0.15) is 41.7 Å². The van der Waals surface area contributed by atoms with Gasteiger partial charge in [0.05, 0.1) is 21.7 Å². The Morgan fingerprint density at radius 2 is 2.15 bits per heavy atom. The van der Waals surface area contributed by atoms with Crippen LogP contribution in [0.5, 0.6) is 0 Å². The van der Waals surface area contributed by atoms with E-state index in [0.717, 1.165) is 29.9 Å². The third-order valence-electron chi connectivity index (χ3n) is 5.22. The molecule has 1 aliphatic heterocycles. The van der Waals surface area contributed by atoms with Gasteiger partial charge in [-0.1, -0.05) is 12.1 Å². The van der Waals surface area contributed by atoms with E-state index in [9.17, 15) is 10.1 Å². The number of quaternary nitrogens is 1. The highest BCUT2D eigenvalue weighted by Crippen LogP contribution is 2.29. The molecular formula is C18H22N5O2S+. The topological polar surface area (TPSA) is 78.3 Å². The highest BCUT2D eigenvalue weighted by Gasteiger charge is 2.32. The van der Waals surface area contributed by atoms with Crippen LogP contribution >= 0.6 is 11.3 Å². The van der Waals surface area contributed by atoms with Crippen molar-refractivity contribution in [1.29, 1.82) is 0 Å². The van der Waals surface area contributed by atoms with E-state index < -0.39 is 0 Å². The molecule has 0 spiro atoms. The van der Waals surface area contributed by atoms with E-state index in [-0.39, 0.29) is 10.6 Å². The molecule has 4 rings (SSSR count). The smallest absolute Gasteiger partial charge is 0.308 e. The van der Waals surface area contributed by atoms with Gasteiger partial charge in [0.1, 0.15) is 17.4 Å². The Hall–Kier alpha value is -2.32. The number of thiazole rings is 1. The second kappa shape index (κ2) is 6.77. The van der Waals surface area contributed by atoms with Gasteiger partial charge in [-0.25, -0.2) is 9.67 Å². The normalized spacial score (nSPS) is 20.5. The van der Waals surface area contributed by atoms with Crippen LogP contribution in [-0.2, 0) is 6.67 Å². The van der Waals surface area contributed by atoms with Crippen molar-refractivity contribution in [3.63, 3.8) is 0 Å². The van der Waals surface area contributed by atoms with Crippen LogP contribution < -0.4 is 4.90 Å². The van der Waals surface area contributed by atoms with Crippen LogP contribution in [0.25, 0.3) is 10.2 Å². The average molecular weight is 372 g/mol. The van der Waals surface area contributed by atoms with Gasteiger partial charge in [0.15, 0.2) is 11.7 Å². The van der Waals surface area contributed by atoms with Crippen molar-refractivity contribution in [2.75, 3.05) is 6.54 Å². The second-order valence-corrected chi connectivity index (χ2v) is 7.97. The molecule has 2 atom stereocenters. The van der Waals surface area contributed by atoms with Gasteiger partial charge in [0.2, 0.25) is 0 Å². The molecule has 0 saturated carbocycles. The predicted molar refractivity (Wildman–Crippen MR) is 100 cm³/mol. The molecule has 136 valence electrons. The van der Waals surface area contributed by atoms with Crippen LogP contribution in [0.15, 0.2) is 24.3 Å². The zero-order valence-corrected chi connectivity index (χ0v) is 15.8. The Bertz CT molecular complexity index is 931. The Balaban J connectivity index is 1.64. The highest BCUT2D eigenvalue weighted by molar-refractivity contribution is 7.18. The first-order valence-electron chi connectivity index (χ1n) is 8.93. The van der Waals surface area contributed by atoms with Gasteiger partial charge in [-0.3, -0.25) is 10.1 Å². The third-order valence-corrected chi connectivity index (χ3v) is 6.37. The molecule has 26 heavy (non-hydrogen) atoms. The molecule has 0 radical (unpaired) electrons. The first kappa shape index (κ1) is 17.1. The molecule has 0 aliphatic carbocycles. The minimum Gasteiger partial charge on any atom is -0.308 e. The zero-order valence-electron chi connectivity index (χ0n) is 14.9. The molecule has 1 N–H and O–H groups in total. The summed E-state index contributed by atoms with van der Waals surface area (Å²) in [6.07, 6.45) is 3.45. The van der Waals surface area contributed by atoms with Crippen molar-refractivity contribution in [2.45, 2.75) is 45.8 Å². The van der Waals surface area contributed by atoms with E-state index in [2.05, 4.69) is 17.2 Å². The summed E-state index contributed by atoms with van der Waals surface area (Å²) in [5, 5.41) is 16.9. The molecule has 2 aromatic heterocycles. The molecule has 7 nitrogen and oxygen atoms in total. The first-order valence-corrected chi connectivity index (χ1v) is 9.74. The number of para-hydroxylation sites is 1. The van der Waals surface area contributed by atoms with Crippen molar-refractivity contribution in [3.05, 3.63) is 50.8 Å². The number of hydrogen-bond acceptors (Lipinski definition) is 5. The molecule has 1 saturated heterocycles. The summed E-state index contributed by atoms with van der Waals surface area (Å²) in [5.41, 5.74) is 2.31. The van der Waals surface area contributed by atoms with Crippen LogP contribution in [0.2, 0.25) is 0 Å². The molecule has 1 unspecified atom stereocenters. The zero-order chi connectivity index (χ0) is 18.3. The van der Waals surface area contributed by atoms with Crippen molar-refractivity contribution < 1.29 is 9.82 Å². The average Bonchev–Trinajstić information content (AvgIpc) is 3.16. The summed E-state index contributed by atoms with van der Waals surface area (Å²) in [7, 11) is 0. The van der Waals surface area contributed by atoms with E-state index in [4.69, 9.17) is 4.98 Å². The van der Waals surface area contributed by atoms with Crippen LogP contribution in [0.4, 0.5) is 5.69 Å². The minimum absolute atomic E-state index is 0.137. The Kier molecular flexibility index (Phi) is 4.46. The fourth-order valence-corrected chi connectivity index (χ4v) is 5.06. The third kappa shape index (κ3) is 2.99. The van der Waals surface area contributed by atoms with Gasteiger partial charge in [-0.2, -0.15) is 5.10 Å². The lowest BCUT2D eigenvalue weighted by Crippen LogP contribution is -3.12. The number of aryl methyl sites for hydroxylation is 1. The van der Waals surface area contributed by atoms with E-state index in [0.29, 0.717) is 24.1 Å². The Morgan fingerprint density at radius 1 is 1.35 bits per heavy atom. The minimum atomic E-state index is -0.329. The lowest BCUT2D eigenvalue weighted by molar-refractivity contribution is -0.959. The van der Waals surface area contributed by atoms with Crippen LogP contribution in [-0.4, -0.2) is 26.2 Å². The number of nitro groups is 1. The monoisotopic (exact) mass is 372 g/mol. The number of aromatic nitrogens is 3. The van der Waals surface area contributed by atoms with E-state index >= 15 is 0 Å². The van der Waals surface area contributed by atoms with Gasteiger partial charge in [0.25, 0.3) is 0 Å². The number of piperidine rings is 1. The summed E-state index contributed by atoms with van der Waals surface area (Å²) >= 11 is 1.77. The maximum atomic E-state index is 11.3. The molecule has 1 aromatic carbocycles. The predicted octanol–water partition coefficient (Wildman–Crippen LogP) is 2.79. The van der Waals surface area contributed by atoms with E-state index in [1.807, 2.05) is 12.1 Å². The summed E-state index contributed by atoms with van der Waals surface area (Å²) in [5.74, 6) is 0. The van der Waals surface area contributed by atoms with Gasteiger partial charge >= 0.3 is 5.69 Å². The number of benzene rings is 1. The van der Waals surface area contributed by atoms with Crippen molar-refractivity contribution in [1.82, 2.24) is 14.8 Å². The molecule has 3 heterocycles. The lowest BCUT2D eigenvalue weighted by Gasteiger charge is -2.31. The molecule has 0 bridgehead atoms. The summed E-state index contributed by atoms with van der Waals surface area (Å²) < 4.78 is 3.02.